The van der Waals surface area contributed by atoms with E-state index in [2.05, 4.69) is 41.8 Å². The van der Waals surface area contributed by atoms with Gasteiger partial charge in [-0.05, 0) is 25.1 Å². The van der Waals surface area contributed by atoms with Gasteiger partial charge in [0, 0.05) is 19.6 Å². The van der Waals surface area contributed by atoms with Crippen molar-refractivity contribution in [3.8, 4) is 5.75 Å². The minimum Gasteiger partial charge on any atom is -0.489 e. The van der Waals surface area contributed by atoms with Gasteiger partial charge in [-0.1, -0.05) is 19.1 Å². The van der Waals surface area contributed by atoms with Crippen LogP contribution < -0.4 is 9.64 Å². The number of piperazine rings is 1. The van der Waals surface area contributed by atoms with Crippen molar-refractivity contribution in [2.24, 2.45) is 0 Å². The molecule has 0 spiro atoms. The van der Waals surface area contributed by atoms with Crippen LogP contribution in [0.3, 0.4) is 0 Å². The monoisotopic (exact) mass is 232 g/mol. The van der Waals surface area contributed by atoms with Crippen molar-refractivity contribution in [3.63, 3.8) is 0 Å². The molecule has 1 saturated heterocycles. The molecule has 1 atom stereocenters. The third kappa shape index (κ3) is 1.78. The minimum atomic E-state index is 0.525. The fourth-order valence-electron chi connectivity index (χ4n) is 2.95. The maximum Gasteiger partial charge on any atom is 0.142 e. The lowest BCUT2D eigenvalue weighted by atomic mass is 10.1. The van der Waals surface area contributed by atoms with Gasteiger partial charge in [0.2, 0.25) is 0 Å². The summed E-state index contributed by atoms with van der Waals surface area (Å²) in [5.41, 5.74) is 2.65. The van der Waals surface area contributed by atoms with E-state index in [0.29, 0.717) is 6.04 Å². The molecule has 3 rings (SSSR count). The van der Waals surface area contributed by atoms with Crippen LogP contribution in [0.5, 0.6) is 5.75 Å². The fourth-order valence-corrected chi connectivity index (χ4v) is 2.95. The van der Waals surface area contributed by atoms with Gasteiger partial charge in [0.05, 0.1) is 11.7 Å². The average Bonchev–Trinajstić information content (AvgIpc) is 2.38. The molecule has 3 heteroatoms. The molecule has 0 bridgehead atoms. The number of para-hydroxylation sites is 1. The number of hydrogen-bond donors (Lipinski definition) is 0. The molecule has 0 saturated carbocycles. The number of benzene rings is 1. The smallest absolute Gasteiger partial charge is 0.142 e. The standard InChI is InChI=1S/C14H20N2O/c1-3-15-7-8-16-12(9-15)10-17-13-6-4-5-11(2)14(13)16/h4-6,12H,3,7-10H2,1-2H3. The Kier molecular flexibility index (Phi) is 2.71. The Labute approximate surface area is 103 Å². The van der Waals surface area contributed by atoms with Crippen LogP contribution in [0, 0.1) is 6.92 Å². The second-order valence-corrected chi connectivity index (χ2v) is 4.97. The van der Waals surface area contributed by atoms with Gasteiger partial charge >= 0.3 is 0 Å². The number of anilines is 1. The molecule has 1 aromatic rings. The Bertz CT molecular complexity index is 419. The van der Waals surface area contributed by atoms with Crippen molar-refractivity contribution in [1.82, 2.24) is 4.90 Å². The van der Waals surface area contributed by atoms with Crippen LogP contribution in [-0.2, 0) is 0 Å². The van der Waals surface area contributed by atoms with Crippen LogP contribution in [0.4, 0.5) is 5.69 Å². The summed E-state index contributed by atoms with van der Waals surface area (Å²) in [6.45, 7) is 9.80. The molecule has 0 N–H and O–H groups in total. The molecule has 1 fully saturated rings. The number of nitrogens with zero attached hydrogens (tertiary/aromatic N) is 2. The Balaban J connectivity index is 1.92. The summed E-state index contributed by atoms with van der Waals surface area (Å²) in [5, 5.41) is 0. The SMILES string of the molecule is CCN1CCN2c3c(C)cccc3OCC2C1. The van der Waals surface area contributed by atoms with Crippen LogP contribution in [-0.4, -0.2) is 43.7 Å². The highest BCUT2D eigenvalue weighted by molar-refractivity contribution is 5.65. The average molecular weight is 232 g/mol. The summed E-state index contributed by atoms with van der Waals surface area (Å²) >= 11 is 0. The minimum absolute atomic E-state index is 0.525. The maximum absolute atomic E-state index is 5.90. The zero-order valence-electron chi connectivity index (χ0n) is 10.6. The topological polar surface area (TPSA) is 15.7 Å². The first-order valence-corrected chi connectivity index (χ1v) is 6.51. The lowest BCUT2D eigenvalue weighted by Crippen LogP contribution is -2.57. The maximum atomic E-state index is 5.90. The number of hydrogen-bond acceptors (Lipinski definition) is 3. The quantitative estimate of drug-likeness (QED) is 0.735. The van der Waals surface area contributed by atoms with Gasteiger partial charge in [0.25, 0.3) is 0 Å². The highest BCUT2D eigenvalue weighted by Gasteiger charge is 2.32. The van der Waals surface area contributed by atoms with Gasteiger partial charge in [-0.15, -0.1) is 0 Å². The number of ether oxygens (including phenoxy) is 1. The molecule has 0 amide bonds. The summed E-state index contributed by atoms with van der Waals surface area (Å²) in [6, 6.07) is 6.87. The predicted molar refractivity (Wildman–Crippen MR) is 69.9 cm³/mol. The highest BCUT2D eigenvalue weighted by Crippen LogP contribution is 2.37. The molecule has 2 aliphatic rings. The first kappa shape index (κ1) is 10.9. The Morgan fingerprint density at radius 1 is 1.35 bits per heavy atom. The highest BCUT2D eigenvalue weighted by atomic mass is 16.5. The molecule has 3 nitrogen and oxygen atoms in total. The van der Waals surface area contributed by atoms with E-state index < -0.39 is 0 Å². The molecule has 0 aliphatic carbocycles. The first-order chi connectivity index (χ1) is 8.29. The molecule has 2 heterocycles. The molecule has 17 heavy (non-hydrogen) atoms. The van der Waals surface area contributed by atoms with Crippen LogP contribution in [0.15, 0.2) is 18.2 Å². The van der Waals surface area contributed by atoms with Crippen molar-refractivity contribution in [1.29, 1.82) is 0 Å². The molecule has 2 aliphatic heterocycles. The molecule has 92 valence electrons. The van der Waals surface area contributed by atoms with E-state index in [0.717, 1.165) is 32.0 Å². The summed E-state index contributed by atoms with van der Waals surface area (Å²) in [4.78, 5) is 5.05. The van der Waals surface area contributed by atoms with Gasteiger partial charge in [-0.2, -0.15) is 0 Å². The normalized spacial score (nSPS) is 23.9. The van der Waals surface area contributed by atoms with Gasteiger partial charge < -0.3 is 9.64 Å². The van der Waals surface area contributed by atoms with Crippen molar-refractivity contribution >= 4 is 5.69 Å². The molecular weight excluding hydrogens is 212 g/mol. The van der Waals surface area contributed by atoms with Crippen molar-refractivity contribution < 1.29 is 4.74 Å². The molecule has 1 unspecified atom stereocenters. The zero-order chi connectivity index (χ0) is 11.8. The summed E-state index contributed by atoms with van der Waals surface area (Å²) < 4.78 is 5.90. The van der Waals surface area contributed by atoms with Crippen LogP contribution in [0.25, 0.3) is 0 Å². The van der Waals surface area contributed by atoms with Gasteiger partial charge in [0.15, 0.2) is 0 Å². The predicted octanol–water partition coefficient (Wildman–Crippen LogP) is 1.90. The zero-order valence-corrected chi connectivity index (χ0v) is 10.6. The summed E-state index contributed by atoms with van der Waals surface area (Å²) in [7, 11) is 0. The van der Waals surface area contributed by atoms with Gasteiger partial charge in [-0.25, -0.2) is 0 Å². The van der Waals surface area contributed by atoms with Crippen molar-refractivity contribution in [2.75, 3.05) is 37.7 Å². The largest absolute Gasteiger partial charge is 0.489 e. The summed E-state index contributed by atoms with van der Waals surface area (Å²) in [5.74, 6) is 1.06. The van der Waals surface area contributed by atoms with E-state index in [4.69, 9.17) is 4.74 Å². The Morgan fingerprint density at radius 3 is 3.06 bits per heavy atom. The van der Waals surface area contributed by atoms with E-state index in [1.54, 1.807) is 0 Å². The van der Waals surface area contributed by atoms with E-state index in [-0.39, 0.29) is 0 Å². The van der Waals surface area contributed by atoms with E-state index in [9.17, 15) is 0 Å². The molecule has 1 aromatic carbocycles. The third-order valence-electron chi connectivity index (χ3n) is 3.93. The lowest BCUT2D eigenvalue weighted by Gasteiger charge is -2.46. The second kappa shape index (κ2) is 4.22. The van der Waals surface area contributed by atoms with Crippen molar-refractivity contribution in [2.45, 2.75) is 19.9 Å². The van der Waals surface area contributed by atoms with Crippen LogP contribution >= 0.6 is 0 Å². The molecule has 0 aromatic heterocycles. The molecular formula is C14H20N2O. The van der Waals surface area contributed by atoms with Crippen molar-refractivity contribution in [3.05, 3.63) is 23.8 Å². The van der Waals surface area contributed by atoms with Crippen LogP contribution in [0.1, 0.15) is 12.5 Å². The third-order valence-corrected chi connectivity index (χ3v) is 3.93. The first-order valence-electron chi connectivity index (χ1n) is 6.51. The van der Waals surface area contributed by atoms with Crippen LogP contribution in [0.2, 0.25) is 0 Å². The van der Waals surface area contributed by atoms with Gasteiger partial charge in [-0.3, -0.25) is 4.90 Å². The number of rotatable bonds is 1. The van der Waals surface area contributed by atoms with Gasteiger partial charge in [0.1, 0.15) is 12.4 Å². The lowest BCUT2D eigenvalue weighted by molar-refractivity contribution is 0.172. The van der Waals surface area contributed by atoms with E-state index in [1.165, 1.54) is 17.8 Å². The van der Waals surface area contributed by atoms with E-state index >= 15 is 0 Å². The summed E-state index contributed by atoms with van der Waals surface area (Å²) in [6.07, 6.45) is 0. The number of likely N-dealkylation sites (N-methyl/N-ethyl adjacent to an activating group) is 1. The second-order valence-electron chi connectivity index (χ2n) is 4.97. The number of fused-ring (bicyclic) bond motifs is 3. The molecule has 0 radical (unpaired) electrons. The Hall–Kier alpha value is -1.22. The fraction of sp³-hybridized carbons (Fsp3) is 0.571. The number of aryl methyl sites for hydroxylation is 1. The Morgan fingerprint density at radius 2 is 2.24 bits per heavy atom. The van der Waals surface area contributed by atoms with E-state index in [1.807, 2.05) is 0 Å².